The van der Waals surface area contributed by atoms with E-state index < -0.39 is 24.7 Å². The van der Waals surface area contributed by atoms with Crippen molar-refractivity contribution in [3.05, 3.63) is 0 Å². The lowest BCUT2D eigenvalue weighted by Crippen LogP contribution is -2.36. The minimum Gasteiger partial charge on any atom is -0.458 e. The molecule has 0 amide bonds. The number of esters is 1. The van der Waals surface area contributed by atoms with E-state index in [-0.39, 0.29) is 12.1 Å². The van der Waals surface area contributed by atoms with E-state index in [4.69, 9.17) is 28.1 Å². The number of hydrogen-bond donors (Lipinski definition) is 0. The van der Waals surface area contributed by atoms with Crippen LogP contribution in [0.3, 0.4) is 0 Å². The average Bonchev–Trinajstić information content (AvgIpc) is 2.82. The van der Waals surface area contributed by atoms with Crippen LogP contribution < -0.4 is 0 Å². The maximum Gasteiger partial charge on any atom is 0.303 e. The second-order valence-corrected chi connectivity index (χ2v) is 29.0. The summed E-state index contributed by atoms with van der Waals surface area (Å²) in [6.45, 7) is 27.6. The monoisotopic (exact) mass is 640 g/mol. The summed E-state index contributed by atoms with van der Waals surface area (Å²) in [6.07, 6.45) is 7.53. The van der Waals surface area contributed by atoms with Crippen LogP contribution in [0.2, 0.25) is 77.1 Å². The highest BCUT2D eigenvalue weighted by Crippen LogP contribution is 2.23. The largest absolute Gasteiger partial charge is 0.458 e. The molecule has 0 aliphatic carbocycles. The van der Waals surface area contributed by atoms with E-state index in [1.54, 1.807) is 0 Å². The number of carbonyl (C=O) groups is 1. The third kappa shape index (κ3) is 32.6. The van der Waals surface area contributed by atoms with Gasteiger partial charge in [-0.3, -0.25) is 9.37 Å². The van der Waals surface area contributed by atoms with E-state index in [1.165, 1.54) is 32.2 Å². The number of hydrogen-bond acceptors (Lipinski definition) is 7. The average molecular weight is 641 g/mol. The molecule has 0 aliphatic rings. The molecule has 0 aromatic carbocycles. The molecule has 0 rings (SSSR count). The fourth-order valence-corrected chi connectivity index (χ4v) is 8.60. The van der Waals surface area contributed by atoms with Gasteiger partial charge in [0.1, 0.15) is 6.10 Å². The lowest BCUT2D eigenvalue weighted by Gasteiger charge is -2.28. The van der Waals surface area contributed by atoms with Gasteiger partial charge in [0.15, 0.2) is 8.32 Å². The molecule has 0 spiro atoms. The summed E-state index contributed by atoms with van der Waals surface area (Å²) in [5.41, 5.74) is 0. The topological polar surface area (TPSA) is 72.5 Å². The Kier molecular flexibility index (Phi) is 27.1. The van der Waals surface area contributed by atoms with Crippen LogP contribution in [0.5, 0.6) is 0 Å². The van der Waals surface area contributed by atoms with Crippen molar-refractivity contribution in [2.45, 2.75) is 142 Å². The van der Waals surface area contributed by atoms with Crippen LogP contribution in [0.25, 0.3) is 0 Å². The molecule has 0 saturated carbocycles. The number of ether oxygens (including phenoxy) is 3. The van der Waals surface area contributed by atoms with Crippen LogP contribution in [-0.2, 0) is 32.9 Å². The van der Waals surface area contributed by atoms with Crippen LogP contribution in [-0.4, -0.2) is 85.9 Å². The van der Waals surface area contributed by atoms with Gasteiger partial charge in [-0.05, 0) is 64.0 Å². The Morgan fingerprint density at radius 2 is 1.27 bits per heavy atom. The van der Waals surface area contributed by atoms with E-state index in [0.29, 0.717) is 42.6 Å². The Morgan fingerprint density at radius 1 is 0.725 bits per heavy atom. The molecule has 0 bridgehead atoms. The minimum absolute atomic E-state index is 0.303. The standard InChI is InChI=1S/C27H60O7Si3.C2H8Si/c1-10-17-29-24-27(33-26(2)28)25-30-18-15-22-37(9,23-16-19-31-34-36(6,7)8)32-20-13-11-12-14-21-35(3,4)5;1-3-2/h27H,10-25H2,1-9H3;3H2,1-2H3. The fraction of sp³-hybridized carbons (Fsp3) is 0.966. The maximum absolute atomic E-state index is 11.4. The highest BCUT2D eigenvalue weighted by Gasteiger charge is 2.28. The molecule has 2 unspecified atom stereocenters. The molecule has 0 aromatic rings. The summed E-state index contributed by atoms with van der Waals surface area (Å²) in [6, 6.07) is 3.52. The minimum atomic E-state index is -1.88. The van der Waals surface area contributed by atoms with Crippen LogP contribution in [0, 0.1) is 0 Å². The van der Waals surface area contributed by atoms with Gasteiger partial charge in [-0.1, -0.05) is 65.0 Å². The van der Waals surface area contributed by atoms with Crippen molar-refractivity contribution in [3.63, 3.8) is 0 Å². The van der Waals surface area contributed by atoms with Crippen LogP contribution >= 0.6 is 0 Å². The summed E-state index contributed by atoms with van der Waals surface area (Å²) in [4.78, 5) is 16.9. The molecule has 0 heterocycles. The highest BCUT2D eigenvalue weighted by molar-refractivity contribution is 6.76. The first-order valence-electron chi connectivity index (χ1n) is 15.9. The molecular formula is C29H68O7Si4. The van der Waals surface area contributed by atoms with Gasteiger partial charge in [-0.15, -0.1) is 0 Å². The second-order valence-electron chi connectivity index (χ2n) is 13.3. The molecule has 0 N–H and O–H groups in total. The van der Waals surface area contributed by atoms with Crippen molar-refractivity contribution in [2.24, 2.45) is 0 Å². The van der Waals surface area contributed by atoms with E-state index in [9.17, 15) is 4.79 Å². The first kappa shape index (κ1) is 42.3. The molecule has 11 heteroatoms. The van der Waals surface area contributed by atoms with Crippen molar-refractivity contribution < 1.29 is 32.9 Å². The van der Waals surface area contributed by atoms with Gasteiger partial charge in [-0.25, -0.2) is 4.89 Å². The van der Waals surface area contributed by atoms with Gasteiger partial charge < -0.3 is 18.6 Å². The SMILES string of the molecule is CCCOCC(COCCC[Si](C)(CCCOO[Si](C)(C)C)OCCCCCC[Si](C)(C)C)OC(C)=O.C[SiH2]C. The number of unbranched alkanes of at least 4 members (excludes halogenated alkanes) is 3. The van der Waals surface area contributed by atoms with E-state index in [2.05, 4.69) is 65.8 Å². The summed E-state index contributed by atoms with van der Waals surface area (Å²) in [7, 11) is -4.05. The molecule has 2 atom stereocenters. The van der Waals surface area contributed by atoms with Gasteiger partial charge in [-0.2, -0.15) is 0 Å². The van der Waals surface area contributed by atoms with Crippen molar-refractivity contribution in [3.8, 4) is 0 Å². The molecule has 0 saturated heterocycles. The van der Waals surface area contributed by atoms with Crippen molar-refractivity contribution >= 4 is 40.2 Å². The van der Waals surface area contributed by atoms with Crippen LogP contribution in [0.1, 0.15) is 58.8 Å². The first-order valence-corrected chi connectivity index (χ1v) is 28.7. The molecule has 7 nitrogen and oxygen atoms in total. The third-order valence-electron chi connectivity index (χ3n) is 5.80. The number of rotatable bonds is 25. The molecular weight excluding hydrogens is 573 g/mol. The van der Waals surface area contributed by atoms with Crippen LogP contribution in [0.4, 0.5) is 0 Å². The van der Waals surface area contributed by atoms with Gasteiger partial charge in [0, 0.05) is 44.3 Å². The predicted octanol–water partition coefficient (Wildman–Crippen LogP) is 7.67. The quantitative estimate of drug-likeness (QED) is 0.0333. The third-order valence-corrected chi connectivity index (χ3v) is 12.0. The zero-order valence-corrected chi connectivity index (χ0v) is 32.9. The van der Waals surface area contributed by atoms with Gasteiger partial charge >= 0.3 is 5.97 Å². The zero-order chi connectivity index (χ0) is 30.9. The van der Waals surface area contributed by atoms with E-state index in [1.807, 2.05) is 0 Å². The molecule has 0 radical (unpaired) electrons. The zero-order valence-electron chi connectivity index (χ0n) is 28.5. The van der Waals surface area contributed by atoms with Gasteiger partial charge in [0.25, 0.3) is 0 Å². The van der Waals surface area contributed by atoms with E-state index in [0.717, 1.165) is 44.4 Å². The Balaban J connectivity index is 0. The van der Waals surface area contributed by atoms with E-state index >= 15 is 0 Å². The first-order chi connectivity index (χ1) is 18.7. The number of carbonyl (C=O) groups excluding carboxylic acids is 1. The maximum atomic E-state index is 11.4. The predicted molar refractivity (Wildman–Crippen MR) is 181 cm³/mol. The summed E-state index contributed by atoms with van der Waals surface area (Å²) >= 11 is 0. The fourth-order valence-electron chi connectivity index (χ4n) is 3.90. The Morgan fingerprint density at radius 3 is 1.80 bits per heavy atom. The van der Waals surface area contributed by atoms with Crippen molar-refractivity contribution in [1.29, 1.82) is 0 Å². The molecule has 242 valence electrons. The molecule has 0 aromatic heterocycles. The van der Waals surface area contributed by atoms with Crippen molar-refractivity contribution in [2.75, 3.05) is 39.6 Å². The second kappa shape index (κ2) is 25.6. The summed E-state index contributed by atoms with van der Waals surface area (Å²) in [5, 5.41) is 0. The lowest BCUT2D eigenvalue weighted by molar-refractivity contribution is -0.217. The molecule has 0 fully saturated rings. The Hall–Kier alpha value is 0.138. The lowest BCUT2D eigenvalue weighted by atomic mass is 10.2. The summed E-state index contributed by atoms with van der Waals surface area (Å²) in [5.74, 6) is -0.303. The summed E-state index contributed by atoms with van der Waals surface area (Å²) < 4.78 is 28.9. The Labute approximate surface area is 254 Å². The smallest absolute Gasteiger partial charge is 0.303 e. The normalized spacial score (nSPS) is 14.3. The van der Waals surface area contributed by atoms with Gasteiger partial charge in [0.2, 0.25) is 8.32 Å². The van der Waals surface area contributed by atoms with Crippen molar-refractivity contribution in [1.82, 2.24) is 0 Å². The molecule has 0 aliphatic heterocycles. The van der Waals surface area contributed by atoms with Crippen LogP contribution in [0.15, 0.2) is 0 Å². The highest BCUT2D eigenvalue weighted by atomic mass is 28.4. The molecule has 40 heavy (non-hydrogen) atoms. The van der Waals surface area contributed by atoms with Gasteiger partial charge in [0.05, 0.1) is 19.8 Å². The Bertz CT molecular complexity index is 586.